The van der Waals surface area contributed by atoms with E-state index in [-0.39, 0.29) is 0 Å². The highest BCUT2D eigenvalue weighted by Crippen LogP contribution is 1.64. The molecular weight excluding hydrogens is 112 g/mol. The van der Waals surface area contributed by atoms with Crippen LogP contribution in [0.3, 0.4) is 0 Å². The van der Waals surface area contributed by atoms with Crippen LogP contribution in [0.2, 0.25) is 0 Å². The van der Waals surface area contributed by atoms with Crippen LogP contribution in [-0.4, -0.2) is 22.1 Å². The van der Waals surface area contributed by atoms with Crippen molar-refractivity contribution in [2.45, 2.75) is 0 Å². The Balaban J connectivity index is 4.04. The Kier molecular flexibility index (Phi) is 2.18. The predicted octanol–water partition coefficient (Wildman–Crippen LogP) is -1.52. The number of hydrogen-bond donors (Lipinski definition) is 4. The summed E-state index contributed by atoms with van der Waals surface area (Å²) in [6.07, 6.45) is 0. The van der Waals surface area contributed by atoms with Gasteiger partial charge in [-0.05, 0) is 0 Å². The van der Waals surface area contributed by atoms with Gasteiger partial charge < -0.3 is 21.9 Å². The van der Waals surface area contributed by atoms with E-state index < -0.39 is 11.7 Å². The van der Waals surface area contributed by atoms with E-state index >= 15 is 0 Å². The molecule has 0 aliphatic rings. The van der Waals surface area contributed by atoms with Gasteiger partial charge in [-0.1, -0.05) is 10.3 Å². The zero-order valence-corrected chi connectivity index (χ0v) is 3.94. The zero-order chi connectivity index (χ0) is 6.57. The summed E-state index contributed by atoms with van der Waals surface area (Å²) in [7, 11) is 0. The van der Waals surface area contributed by atoms with Crippen molar-refractivity contribution in [3.05, 3.63) is 0 Å². The lowest BCUT2D eigenvalue weighted by atomic mass is 10.6. The molecule has 0 rings (SSSR count). The monoisotopic (exact) mass is 118 g/mol. The molecule has 0 amide bonds. The van der Waals surface area contributed by atoms with Crippen molar-refractivity contribution in [1.82, 2.24) is 0 Å². The number of amidine groups is 2. The van der Waals surface area contributed by atoms with Crippen molar-refractivity contribution >= 4 is 11.7 Å². The molecule has 6 N–H and O–H groups in total. The van der Waals surface area contributed by atoms with Crippen LogP contribution in [0.1, 0.15) is 0 Å². The van der Waals surface area contributed by atoms with Crippen molar-refractivity contribution in [3.8, 4) is 0 Å². The van der Waals surface area contributed by atoms with E-state index in [1.807, 2.05) is 0 Å². The quantitative estimate of drug-likeness (QED) is 0.134. The lowest BCUT2D eigenvalue weighted by Crippen LogP contribution is -2.31. The smallest absolute Gasteiger partial charge is 0.208 e. The molecule has 0 atom stereocenters. The first-order valence-electron chi connectivity index (χ1n) is 1.67. The van der Waals surface area contributed by atoms with Crippen LogP contribution < -0.4 is 11.5 Å². The molecule has 0 fully saturated rings. The largest absolute Gasteiger partial charge is 0.409 e. The second-order valence-corrected chi connectivity index (χ2v) is 0.970. The maximum Gasteiger partial charge on any atom is 0.208 e. The van der Waals surface area contributed by atoms with Gasteiger partial charge in [0.05, 0.1) is 0 Å². The number of hydrogen-bond acceptors (Lipinski definition) is 4. The Labute approximate surface area is 45.1 Å². The van der Waals surface area contributed by atoms with Gasteiger partial charge in [-0.3, -0.25) is 0 Å². The molecule has 0 aromatic carbocycles. The van der Waals surface area contributed by atoms with E-state index in [1.165, 1.54) is 0 Å². The Hall–Kier alpha value is -1.46. The SMILES string of the molecule is NC(=N/O)/C(N)=N\O. The molecule has 0 bridgehead atoms. The molecular formula is C2H6N4O2. The van der Waals surface area contributed by atoms with Gasteiger partial charge in [0.25, 0.3) is 0 Å². The molecule has 0 aromatic heterocycles. The minimum atomic E-state index is -0.410. The van der Waals surface area contributed by atoms with Crippen LogP contribution in [0.4, 0.5) is 0 Å². The first-order valence-corrected chi connectivity index (χ1v) is 1.67. The van der Waals surface area contributed by atoms with Crippen molar-refractivity contribution in [2.75, 3.05) is 0 Å². The molecule has 0 spiro atoms. The fourth-order valence-electron chi connectivity index (χ4n) is 0.102. The number of nitrogens with zero attached hydrogens (tertiary/aromatic N) is 2. The normalized spacial score (nSPS) is 14.0. The summed E-state index contributed by atoms with van der Waals surface area (Å²) < 4.78 is 0. The highest BCUT2D eigenvalue weighted by atomic mass is 16.4. The van der Waals surface area contributed by atoms with Gasteiger partial charge in [-0.25, -0.2) is 0 Å². The van der Waals surface area contributed by atoms with Gasteiger partial charge in [0.15, 0.2) is 0 Å². The lowest BCUT2D eigenvalue weighted by molar-refractivity contribution is 0.313. The van der Waals surface area contributed by atoms with Gasteiger partial charge in [-0.2, -0.15) is 0 Å². The summed E-state index contributed by atoms with van der Waals surface area (Å²) in [4.78, 5) is 0. The number of oxime groups is 2. The summed E-state index contributed by atoms with van der Waals surface area (Å²) in [5, 5.41) is 20.5. The van der Waals surface area contributed by atoms with Crippen LogP contribution in [0, 0.1) is 0 Å². The van der Waals surface area contributed by atoms with Gasteiger partial charge in [0.2, 0.25) is 11.7 Å². The van der Waals surface area contributed by atoms with Crippen LogP contribution >= 0.6 is 0 Å². The molecule has 0 aromatic rings. The summed E-state index contributed by atoms with van der Waals surface area (Å²) in [6.45, 7) is 0. The molecule has 8 heavy (non-hydrogen) atoms. The Morgan fingerprint density at radius 1 is 1.00 bits per heavy atom. The average Bonchev–Trinajstić information content (AvgIpc) is 1.84. The fraction of sp³-hybridized carbons (Fsp3) is 0. The first-order chi connectivity index (χ1) is 3.72. The lowest BCUT2D eigenvalue weighted by Gasteiger charge is -1.89. The highest BCUT2D eigenvalue weighted by Gasteiger charge is 1.95. The summed E-state index contributed by atoms with van der Waals surface area (Å²) in [5.41, 5.74) is 9.62. The van der Waals surface area contributed by atoms with Crippen LogP contribution in [-0.2, 0) is 0 Å². The molecule has 0 saturated carbocycles. The van der Waals surface area contributed by atoms with Gasteiger partial charge in [0.1, 0.15) is 0 Å². The number of rotatable bonds is 0. The molecule has 0 aliphatic carbocycles. The maximum absolute atomic E-state index is 7.83. The van der Waals surface area contributed by atoms with E-state index in [4.69, 9.17) is 21.9 Å². The van der Waals surface area contributed by atoms with Crippen molar-refractivity contribution in [2.24, 2.45) is 21.8 Å². The van der Waals surface area contributed by atoms with E-state index in [0.29, 0.717) is 0 Å². The first kappa shape index (κ1) is 6.54. The van der Waals surface area contributed by atoms with E-state index in [1.54, 1.807) is 0 Å². The molecule has 6 nitrogen and oxygen atoms in total. The minimum absolute atomic E-state index is 0.410. The molecule has 46 valence electrons. The Morgan fingerprint density at radius 2 is 1.25 bits per heavy atom. The van der Waals surface area contributed by atoms with Gasteiger partial charge in [0, 0.05) is 0 Å². The molecule has 0 unspecified atom stereocenters. The minimum Gasteiger partial charge on any atom is -0.409 e. The molecule has 6 heteroatoms. The summed E-state index contributed by atoms with van der Waals surface area (Å²) in [5.74, 6) is -0.819. The molecule has 0 radical (unpaired) electrons. The molecule has 0 aliphatic heterocycles. The van der Waals surface area contributed by atoms with Crippen LogP contribution in [0.25, 0.3) is 0 Å². The fourth-order valence-corrected chi connectivity index (χ4v) is 0.102. The Morgan fingerprint density at radius 3 is 1.38 bits per heavy atom. The second kappa shape index (κ2) is 2.67. The standard InChI is InChI=1S/C2H6N4O2/c3-1(5-7)2(4)6-8/h7-8H,(H2,3,5)(H2,4,6). The Bertz CT molecular complexity index is 112. The summed E-state index contributed by atoms with van der Waals surface area (Å²) >= 11 is 0. The number of nitrogens with two attached hydrogens (primary N) is 2. The van der Waals surface area contributed by atoms with Crippen molar-refractivity contribution in [3.63, 3.8) is 0 Å². The molecule has 0 heterocycles. The molecule has 0 saturated heterocycles. The third kappa shape index (κ3) is 1.33. The predicted molar refractivity (Wildman–Crippen MR) is 26.8 cm³/mol. The second-order valence-electron chi connectivity index (χ2n) is 0.970. The van der Waals surface area contributed by atoms with Crippen molar-refractivity contribution in [1.29, 1.82) is 0 Å². The zero-order valence-electron chi connectivity index (χ0n) is 3.94. The van der Waals surface area contributed by atoms with Crippen LogP contribution in [0.15, 0.2) is 10.3 Å². The van der Waals surface area contributed by atoms with E-state index in [0.717, 1.165) is 0 Å². The average molecular weight is 118 g/mol. The van der Waals surface area contributed by atoms with Crippen molar-refractivity contribution < 1.29 is 10.4 Å². The van der Waals surface area contributed by atoms with E-state index in [9.17, 15) is 0 Å². The van der Waals surface area contributed by atoms with Crippen LogP contribution in [0.5, 0.6) is 0 Å². The van der Waals surface area contributed by atoms with Gasteiger partial charge >= 0.3 is 0 Å². The third-order valence-corrected chi connectivity index (χ3v) is 0.478. The van der Waals surface area contributed by atoms with Gasteiger partial charge in [-0.15, -0.1) is 0 Å². The third-order valence-electron chi connectivity index (χ3n) is 0.478. The summed E-state index contributed by atoms with van der Waals surface area (Å²) in [6, 6.07) is 0. The van der Waals surface area contributed by atoms with E-state index in [2.05, 4.69) is 10.3 Å². The maximum atomic E-state index is 7.83. The highest BCUT2D eigenvalue weighted by molar-refractivity contribution is 6.38. The topological polar surface area (TPSA) is 117 Å².